The number of furan rings is 1. The van der Waals surface area contributed by atoms with Crippen LogP contribution in [-0.4, -0.2) is 49.6 Å². The Morgan fingerprint density at radius 2 is 1.79 bits per heavy atom. The highest BCUT2D eigenvalue weighted by molar-refractivity contribution is 5.77. The molecule has 3 aromatic rings. The second-order valence-corrected chi connectivity index (χ2v) is 11.2. The van der Waals surface area contributed by atoms with Gasteiger partial charge in [0.2, 0.25) is 0 Å². The minimum atomic E-state index is -0.233. The molecule has 38 heavy (non-hydrogen) atoms. The van der Waals surface area contributed by atoms with Crippen LogP contribution in [0.1, 0.15) is 55.3 Å². The van der Waals surface area contributed by atoms with Gasteiger partial charge in [-0.25, -0.2) is 4.79 Å². The number of hydrogen-bond acceptors (Lipinski definition) is 6. The van der Waals surface area contributed by atoms with Crippen LogP contribution in [0.3, 0.4) is 0 Å². The van der Waals surface area contributed by atoms with Gasteiger partial charge in [-0.05, 0) is 53.4 Å². The molecule has 0 unspecified atom stereocenters. The number of amides is 1. The van der Waals surface area contributed by atoms with E-state index < -0.39 is 0 Å². The molecule has 0 saturated carbocycles. The molecule has 1 N–H and O–H groups in total. The molecule has 0 radical (unpaired) electrons. The van der Waals surface area contributed by atoms with Crippen molar-refractivity contribution in [1.82, 2.24) is 10.2 Å². The maximum absolute atomic E-state index is 12.4. The molecule has 2 aliphatic heterocycles. The summed E-state index contributed by atoms with van der Waals surface area (Å²) in [5.74, 6) is 1.92. The Morgan fingerprint density at radius 1 is 1.08 bits per heavy atom. The fraction of sp³-hybridized carbons (Fsp3) is 0.419. The van der Waals surface area contributed by atoms with Crippen molar-refractivity contribution >= 4 is 12.4 Å². The molecule has 1 spiro atoms. The number of nitrogens with zero attached hydrogens (tertiary/aromatic N) is 1. The number of likely N-dealkylation sites (tertiary alicyclic amines) is 1. The van der Waals surface area contributed by atoms with Crippen LogP contribution in [0.15, 0.2) is 65.3 Å². The van der Waals surface area contributed by atoms with Crippen LogP contribution in [-0.2, 0) is 17.7 Å². The van der Waals surface area contributed by atoms with Crippen LogP contribution in [0.2, 0.25) is 0 Å². The summed E-state index contributed by atoms with van der Waals surface area (Å²) in [7, 11) is 1.89. The molecule has 0 atom stereocenters. The van der Waals surface area contributed by atoms with Gasteiger partial charge in [-0.15, -0.1) is 0 Å². The standard InChI is InChI=1S/C25H29NO4.C6H9NO/c1-24(2,3)17-29-23(28)26-12-10-25(11-13-26)15-21-14-20(8-9-22(21)30-25)19-6-4-18(16-27)5-7-19;1-7-5-6-3-2-4-8-6/h4-9,14,16H,10-13,15,17H2,1-3H3;2-4,7H,5H2,1H3. The van der Waals surface area contributed by atoms with Crippen molar-refractivity contribution in [3.05, 3.63) is 77.7 Å². The van der Waals surface area contributed by atoms with Gasteiger partial charge in [0, 0.05) is 37.9 Å². The van der Waals surface area contributed by atoms with Crippen molar-refractivity contribution in [3.8, 4) is 16.9 Å². The zero-order valence-corrected chi connectivity index (χ0v) is 22.8. The number of nitrogens with one attached hydrogen (secondary N) is 1. The van der Waals surface area contributed by atoms with E-state index in [0.717, 1.165) is 54.7 Å². The lowest BCUT2D eigenvalue weighted by atomic mass is 9.86. The molecule has 1 aromatic heterocycles. The molecule has 1 amide bonds. The van der Waals surface area contributed by atoms with Crippen molar-refractivity contribution in [2.75, 3.05) is 26.7 Å². The number of aldehydes is 1. The SMILES string of the molecule is CC(C)(C)COC(=O)N1CCC2(CC1)Cc1cc(-c3ccc(C=O)cc3)ccc1O2.CNCc1ccco1. The Hall–Kier alpha value is -3.58. The zero-order valence-electron chi connectivity index (χ0n) is 22.8. The van der Waals surface area contributed by atoms with E-state index >= 15 is 0 Å². The molecule has 2 aromatic carbocycles. The van der Waals surface area contributed by atoms with Gasteiger partial charge in [0.1, 0.15) is 23.4 Å². The van der Waals surface area contributed by atoms with Gasteiger partial charge in [0.25, 0.3) is 0 Å². The predicted molar refractivity (Wildman–Crippen MR) is 147 cm³/mol. The number of fused-ring (bicyclic) bond motifs is 1. The summed E-state index contributed by atoms with van der Waals surface area (Å²) >= 11 is 0. The minimum absolute atomic E-state index is 0.0336. The fourth-order valence-corrected chi connectivity index (χ4v) is 4.70. The highest BCUT2D eigenvalue weighted by atomic mass is 16.6. The number of piperidine rings is 1. The topological polar surface area (TPSA) is 81.0 Å². The Kier molecular flexibility index (Phi) is 8.57. The van der Waals surface area contributed by atoms with Gasteiger partial charge in [0.05, 0.1) is 19.4 Å². The molecule has 1 fully saturated rings. The van der Waals surface area contributed by atoms with Crippen LogP contribution >= 0.6 is 0 Å². The van der Waals surface area contributed by atoms with Crippen LogP contribution in [0, 0.1) is 5.41 Å². The van der Waals surface area contributed by atoms with E-state index in [9.17, 15) is 9.59 Å². The van der Waals surface area contributed by atoms with E-state index in [1.165, 1.54) is 5.56 Å². The molecule has 1 saturated heterocycles. The first-order valence-corrected chi connectivity index (χ1v) is 13.2. The first kappa shape index (κ1) is 27.5. The van der Waals surface area contributed by atoms with E-state index in [1.54, 1.807) is 11.2 Å². The second-order valence-electron chi connectivity index (χ2n) is 11.2. The van der Waals surface area contributed by atoms with Crippen molar-refractivity contribution < 1.29 is 23.5 Å². The van der Waals surface area contributed by atoms with E-state index in [0.29, 0.717) is 25.3 Å². The smallest absolute Gasteiger partial charge is 0.409 e. The third-order valence-electron chi connectivity index (χ3n) is 6.77. The van der Waals surface area contributed by atoms with Gasteiger partial charge in [-0.3, -0.25) is 4.79 Å². The van der Waals surface area contributed by atoms with E-state index in [4.69, 9.17) is 13.9 Å². The minimum Gasteiger partial charge on any atom is -0.487 e. The maximum Gasteiger partial charge on any atom is 0.409 e. The van der Waals surface area contributed by atoms with Gasteiger partial charge in [-0.1, -0.05) is 51.1 Å². The molecule has 3 heterocycles. The Bertz CT molecular complexity index is 1200. The highest BCUT2D eigenvalue weighted by Crippen LogP contribution is 2.42. The predicted octanol–water partition coefficient (Wildman–Crippen LogP) is 6.12. The molecule has 202 valence electrons. The van der Waals surface area contributed by atoms with Crippen LogP contribution in [0.4, 0.5) is 4.79 Å². The third-order valence-corrected chi connectivity index (χ3v) is 6.77. The number of hydrogen-bond donors (Lipinski definition) is 1. The molecular weight excluding hydrogens is 480 g/mol. The van der Waals surface area contributed by atoms with Gasteiger partial charge in [-0.2, -0.15) is 0 Å². The quantitative estimate of drug-likeness (QED) is 0.410. The molecule has 7 nitrogen and oxygen atoms in total. The Morgan fingerprint density at radius 3 is 2.39 bits per heavy atom. The number of ether oxygens (including phenoxy) is 2. The van der Waals surface area contributed by atoms with E-state index in [2.05, 4.69) is 38.2 Å². The summed E-state index contributed by atoms with van der Waals surface area (Å²) in [6, 6.07) is 17.7. The van der Waals surface area contributed by atoms with Gasteiger partial charge in [0.15, 0.2) is 0 Å². The third kappa shape index (κ3) is 7.04. The normalized spacial score (nSPS) is 15.7. The lowest BCUT2D eigenvalue weighted by Crippen LogP contribution is -2.49. The molecule has 2 aliphatic rings. The van der Waals surface area contributed by atoms with Gasteiger partial charge >= 0.3 is 6.09 Å². The number of benzene rings is 2. The maximum atomic E-state index is 12.4. The summed E-state index contributed by atoms with van der Waals surface area (Å²) in [5.41, 5.74) is 3.82. The van der Waals surface area contributed by atoms with Crippen molar-refractivity contribution in [2.24, 2.45) is 5.41 Å². The average molecular weight is 519 g/mol. The van der Waals surface area contributed by atoms with Crippen LogP contribution < -0.4 is 10.1 Å². The zero-order chi connectivity index (χ0) is 27.2. The Balaban J connectivity index is 0.000000360. The average Bonchev–Trinajstić information content (AvgIpc) is 3.55. The van der Waals surface area contributed by atoms with Crippen molar-refractivity contribution in [3.63, 3.8) is 0 Å². The second kappa shape index (κ2) is 11.9. The summed E-state index contributed by atoms with van der Waals surface area (Å²) in [6.45, 7) is 8.70. The van der Waals surface area contributed by atoms with Crippen LogP contribution in [0.5, 0.6) is 5.75 Å². The van der Waals surface area contributed by atoms with Crippen LogP contribution in [0.25, 0.3) is 11.1 Å². The summed E-state index contributed by atoms with van der Waals surface area (Å²) in [5, 5.41) is 2.98. The van der Waals surface area contributed by atoms with Crippen molar-refractivity contribution in [2.45, 2.75) is 52.2 Å². The fourth-order valence-electron chi connectivity index (χ4n) is 4.70. The Labute approximate surface area is 225 Å². The summed E-state index contributed by atoms with van der Waals surface area (Å²) in [4.78, 5) is 25.0. The largest absolute Gasteiger partial charge is 0.487 e. The van der Waals surface area contributed by atoms with Gasteiger partial charge < -0.3 is 24.1 Å². The van der Waals surface area contributed by atoms with E-state index in [-0.39, 0.29) is 17.1 Å². The number of carbonyl (C=O) groups excluding carboxylic acids is 2. The van der Waals surface area contributed by atoms with E-state index in [1.807, 2.05) is 49.5 Å². The summed E-state index contributed by atoms with van der Waals surface area (Å²) < 4.78 is 16.9. The summed E-state index contributed by atoms with van der Waals surface area (Å²) in [6.07, 6.45) is 4.76. The highest BCUT2D eigenvalue weighted by Gasteiger charge is 2.43. The lowest BCUT2D eigenvalue weighted by Gasteiger charge is -2.38. The molecule has 7 heteroatoms. The lowest BCUT2D eigenvalue weighted by molar-refractivity contribution is 0.00956. The number of carbonyl (C=O) groups is 2. The molecule has 5 rings (SSSR count). The molecular formula is C31H38N2O5. The van der Waals surface area contributed by atoms with Crippen molar-refractivity contribution in [1.29, 1.82) is 0 Å². The number of rotatable bonds is 5. The first-order valence-electron chi connectivity index (χ1n) is 13.2. The first-order chi connectivity index (χ1) is 18.2. The monoisotopic (exact) mass is 518 g/mol. The molecule has 0 bridgehead atoms. The molecule has 0 aliphatic carbocycles.